The Kier molecular flexibility index (Phi) is 5.15. The predicted molar refractivity (Wildman–Crippen MR) is 125 cm³/mol. The van der Waals surface area contributed by atoms with Crippen molar-refractivity contribution in [3.63, 3.8) is 0 Å². The van der Waals surface area contributed by atoms with E-state index in [2.05, 4.69) is 16.7 Å². The van der Waals surface area contributed by atoms with E-state index in [9.17, 15) is 15.0 Å². The van der Waals surface area contributed by atoms with Crippen molar-refractivity contribution in [3.05, 3.63) is 102 Å². The summed E-state index contributed by atoms with van der Waals surface area (Å²) in [6.45, 7) is 0.539. The Morgan fingerprint density at radius 1 is 0.750 bits per heavy atom. The zero-order valence-electron chi connectivity index (χ0n) is 17.6. The van der Waals surface area contributed by atoms with Crippen LogP contribution in [0.15, 0.2) is 91.1 Å². The van der Waals surface area contributed by atoms with Crippen LogP contribution in [0, 0.1) is 0 Å². The van der Waals surface area contributed by atoms with Gasteiger partial charge in [0.1, 0.15) is 17.5 Å². The molecule has 32 heavy (non-hydrogen) atoms. The van der Waals surface area contributed by atoms with Gasteiger partial charge in [-0.25, -0.2) is 0 Å². The fourth-order valence-electron chi connectivity index (χ4n) is 4.41. The molecule has 0 radical (unpaired) electrons. The van der Waals surface area contributed by atoms with E-state index >= 15 is 0 Å². The number of amides is 1. The summed E-state index contributed by atoms with van der Waals surface area (Å²) in [6.07, 6.45) is 3.18. The van der Waals surface area contributed by atoms with E-state index in [1.807, 2.05) is 59.6 Å². The van der Waals surface area contributed by atoms with Crippen molar-refractivity contribution in [1.29, 1.82) is 0 Å². The summed E-state index contributed by atoms with van der Waals surface area (Å²) in [7, 11) is 0. The van der Waals surface area contributed by atoms with Crippen molar-refractivity contribution in [3.8, 4) is 22.8 Å². The number of fused-ring (bicyclic) bond motifs is 3. The summed E-state index contributed by atoms with van der Waals surface area (Å²) in [5.41, 5.74) is 5.01. The Hall–Kier alpha value is -3.99. The van der Waals surface area contributed by atoms with Gasteiger partial charge in [-0.15, -0.1) is 0 Å². The first-order valence-corrected chi connectivity index (χ1v) is 10.7. The van der Waals surface area contributed by atoms with Crippen molar-refractivity contribution in [2.24, 2.45) is 0 Å². The third-order valence-corrected chi connectivity index (χ3v) is 6.06. The average molecular weight is 425 g/mol. The first-order chi connectivity index (χ1) is 15.6. The number of para-hydroxylation sites is 1. The van der Waals surface area contributed by atoms with Crippen molar-refractivity contribution >= 4 is 11.6 Å². The van der Waals surface area contributed by atoms with Gasteiger partial charge in [-0.2, -0.15) is 0 Å². The average Bonchev–Trinajstić information content (AvgIpc) is 3.26. The molecule has 0 aliphatic carbocycles. The molecular weight excluding hydrogens is 400 g/mol. The second-order valence-electron chi connectivity index (χ2n) is 8.11. The number of carbonyl (C=O) groups is 1. The van der Waals surface area contributed by atoms with Crippen molar-refractivity contribution in [2.75, 3.05) is 11.4 Å². The van der Waals surface area contributed by atoms with Crippen molar-refractivity contribution in [1.82, 2.24) is 4.57 Å². The lowest BCUT2D eigenvalue weighted by Crippen LogP contribution is -2.38. The molecule has 0 spiro atoms. The van der Waals surface area contributed by atoms with Gasteiger partial charge in [-0.05, 0) is 60.0 Å². The summed E-state index contributed by atoms with van der Waals surface area (Å²) in [5, 5.41) is 19.2. The molecular formula is C27H24N2O3. The van der Waals surface area contributed by atoms with Gasteiger partial charge in [0.25, 0.3) is 0 Å². The van der Waals surface area contributed by atoms with Crippen LogP contribution in [0.25, 0.3) is 11.3 Å². The van der Waals surface area contributed by atoms with E-state index in [0.29, 0.717) is 19.4 Å². The lowest BCUT2D eigenvalue weighted by atomic mass is 10.0. The number of hydrogen-bond donors (Lipinski definition) is 2. The molecule has 2 heterocycles. The normalized spacial score (nSPS) is 15.2. The molecule has 1 aliphatic rings. The minimum Gasteiger partial charge on any atom is -0.508 e. The molecule has 0 unspecified atom stereocenters. The van der Waals surface area contributed by atoms with Gasteiger partial charge in [0.05, 0.1) is 11.4 Å². The fraction of sp³-hybridized carbons (Fsp3) is 0.148. The van der Waals surface area contributed by atoms with Crippen LogP contribution in [0.1, 0.15) is 17.2 Å². The molecule has 2 N–H and O–H groups in total. The molecule has 5 heteroatoms. The van der Waals surface area contributed by atoms with Gasteiger partial charge in [0.2, 0.25) is 5.91 Å². The molecule has 5 nitrogen and oxygen atoms in total. The topological polar surface area (TPSA) is 65.7 Å². The predicted octanol–water partition coefficient (Wildman–Crippen LogP) is 4.94. The van der Waals surface area contributed by atoms with E-state index in [0.717, 1.165) is 28.1 Å². The second-order valence-corrected chi connectivity index (χ2v) is 8.11. The molecule has 1 amide bonds. The minimum atomic E-state index is -0.392. The molecule has 5 rings (SSSR count). The van der Waals surface area contributed by atoms with Gasteiger partial charge >= 0.3 is 0 Å². The van der Waals surface area contributed by atoms with E-state index in [4.69, 9.17) is 0 Å². The maximum absolute atomic E-state index is 13.9. The number of nitrogens with zero attached hydrogens (tertiary/aromatic N) is 2. The number of phenolic OH excluding ortho intramolecular Hbond substituents is 2. The van der Waals surface area contributed by atoms with Crippen LogP contribution in [0.2, 0.25) is 0 Å². The third-order valence-electron chi connectivity index (χ3n) is 6.06. The Labute approximate surface area is 186 Å². The van der Waals surface area contributed by atoms with Gasteiger partial charge in [0, 0.05) is 24.7 Å². The Morgan fingerprint density at radius 3 is 2.12 bits per heavy atom. The number of rotatable bonds is 5. The van der Waals surface area contributed by atoms with Crippen LogP contribution < -0.4 is 4.90 Å². The summed E-state index contributed by atoms with van der Waals surface area (Å²) < 4.78 is 2.06. The van der Waals surface area contributed by atoms with Crippen LogP contribution >= 0.6 is 0 Å². The van der Waals surface area contributed by atoms with Crippen LogP contribution in [0.3, 0.4) is 0 Å². The highest BCUT2D eigenvalue weighted by molar-refractivity contribution is 6.02. The molecule has 0 fully saturated rings. The number of phenols is 2. The minimum absolute atomic E-state index is 0.0410. The molecule has 1 atom stereocenters. The molecule has 1 aliphatic heterocycles. The number of hydrogen-bond acceptors (Lipinski definition) is 3. The van der Waals surface area contributed by atoms with E-state index in [1.54, 1.807) is 24.3 Å². The quantitative estimate of drug-likeness (QED) is 0.477. The number of aromatic hydroxyl groups is 2. The van der Waals surface area contributed by atoms with Crippen molar-refractivity contribution in [2.45, 2.75) is 18.9 Å². The lowest BCUT2D eigenvalue weighted by Gasteiger charge is -2.27. The zero-order chi connectivity index (χ0) is 22.1. The van der Waals surface area contributed by atoms with E-state index in [-0.39, 0.29) is 17.4 Å². The van der Waals surface area contributed by atoms with Gasteiger partial charge in [-0.3, -0.25) is 4.79 Å². The van der Waals surface area contributed by atoms with Crippen LogP contribution in [-0.2, 0) is 17.6 Å². The highest BCUT2D eigenvalue weighted by atomic mass is 16.3. The summed E-state index contributed by atoms with van der Waals surface area (Å²) in [5.74, 6) is 0.489. The number of carbonyl (C=O) groups excluding carboxylic acids is 1. The summed E-state index contributed by atoms with van der Waals surface area (Å²) in [6, 6.07) is 25.8. The highest BCUT2D eigenvalue weighted by Crippen LogP contribution is 2.38. The summed E-state index contributed by atoms with van der Waals surface area (Å²) >= 11 is 0. The van der Waals surface area contributed by atoms with Gasteiger partial charge in [0.15, 0.2) is 0 Å². The maximum Gasteiger partial charge on any atom is 0.250 e. The Morgan fingerprint density at radius 2 is 1.41 bits per heavy atom. The highest BCUT2D eigenvalue weighted by Gasteiger charge is 2.33. The standard InChI is InChI=1S/C27H24N2O3/c30-21-11-7-19(8-12-21)15-17-29-25-5-2-1-4-23(25)24-6-3-16-28(24)26(27(29)32)18-20-9-13-22(31)14-10-20/h1-14,16,26,30-31H,15,17-18H2/t26-/m0/s1. The molecule has 3 aromatic carbocycles. The SMILES string of the molecule is O=C1[C@H](Cc2ccc(O)cc2)n2cccc2-c2ccccc2N1CCc1ccc(O)cc1. The Bertz CT molecular complexity index is 1240. The molecule has 0 saturated carbocycles. The van der Waals surface area contributed by atoms with Crippen LogP contribution in [-0.4, -0.2) is 27.2 Å². The lowest BCUT2D eigenvalue weighted by molar-refractivity contribution is -0.121. The smallest absolute Gasteiger partial charge is 0.250 e. The van der Waals surface area contributed by atoms with Gasteiger partial charge < -0.3 is 19.7 Å². The largest absolute Gasteiger partial charge is 0.508 e. The van der Waals surface area contributed by atoms with Crippen LogP contribution in [0.4, 0.5) is 5.69 Å². The monoisotopic (exact) mass is 424 g/mol. The molecule has 0 bridgehead atoms. The second kappa shape index (κ2) is 8.27. The molecule has 4 aromatic rings. The zero-order valence-corrected chi connectivity index (χ0v) is 17.6. The number of aromatic nitrogens is 1. The first-order valence-electron chi connectivity index (χ1n) is 10.7. The first kappa shape index (κ1) is 19.9. The van der Waals surface area contributed by atoms with Gasteiger partial charge in [-0.1, -0.05) is 42.5 Å². The number of anilines is 1. The molecule has 1 aromatic heterocycles. The van der Waals surface area contributed by atoms with Crippen molar-refractivity contribution < 1.29 is 15.0 Å². The molecule has 0 saturated heterocycles. The fourth-order valence-corrected chi connectivity index (χ4v) is 4.41. The number of benzene rings is 3. The molecule has 160 valence electrons. The van der Waals surface area contributed by atoms with E-state index in [1.165, 1.54) is 0 Å². The van der Waals surface area contributed by atoms with Crippen LogP contribution in [0.5, 0.6) is 11.5 Å². The maximum atomic E-state index is 13.9. The summed E-state index contributed by atoms with van der Waals surface area (Å²) in [4.78, 5) is 15.8. The Balaban J connectivity index is 1.53. The van der Waals surface area contributed by atoms with E-state index < -0.39 is 6.04 Å². The third kappa shape index (κ3) is 3.73.